The van der Waals surface area contributed by atoms with Gasteiger partial charge in [-0.3, -0.25) is 4.90 Å². The number of carbonyl (C=O) groups is 2. The van der Waals surface area contributed by atoms with Gasteiger partial charge in [0.1, 0.15) is 6.23 Å². The Morgan fingerprint density at radius 1 is 1.31 bits per heavy atom. The average molecular weight is 215 g/mol. The number of rotatable bonds is 5. The van der Waals surface area contributed by atoms with Crippen molar-refractivity contribution in [2.45, 2.75) is 13.2 Å². The summed E-state index contributed by atoms with van der Waals surface area (Å²) in [5.41, 5.74) is 0. The van der Waals surface area contributed by atoms with Gasteiger partial charge in [0, 0.05) is 13.1 Å². The van der Waals surface area contributed by atoms with Crippen LogP contribution in [0.4, 0.5) is 0 Å². The van der Waals surface area contributed by atoms with Gasteiger partial charge in [-0.2, -0.15) is 0 Å². The molecule has 0 bridgehead atoms. The van der Waals surface area contributed by atoms with Crippen LogP contribution in [-0.2, 0) is 9.59 Å². The maximum atomic E-state index is 10.0. The van der Waals surface area contributed by atoms with Gasteiger partial charge in [0.15, 0.2) is 0 Å². The van der Waals surface area contributed by atoms with Crippen LogP contribution in [0.25, 0.3) is 0 Å². The molecule has 0 fully saturated rings. The fourth-order valence-corrected chi connectivity index (χ4v) is 0.652. The van der Waals surface area contributed by atoms with Crippen LogP contribution < -0.4 is 10.2 Å². The number of aliphatic hydroxyl groups excluding tert-OH is 1. The third-order valence-corrected chi connectivity index (χ3v) is 1.19. The Hall–Kier alpha value is 0.120. The third-order valence-electron chi connectivity index (χ3n) is 1.19. The summed E-state index contributed by atoms with van der Waals surface area (Å²) in [5.74, 6) is -2.89. The molecule has 0 heterocycles. The molecule has 0 saturated carbocycles. The van der Waals surface area contributed by atoms with E-state index in [9.17, 15) is 19.8 Å². The maximum absolute atomic E-state index is 10.0. The van der Waals surface area contributed by atoms with Crippen molar-refractivity contribution in [3.05, 3.63) is 0 Å². The molecule has 0 saturated heterocycles. The van der Waals surface area contributed by atoms with E-state index in [-0.39, 0.29) is 37.7 Å². The second-order valence-corrected chi connectivity index (χ2v) is 2.28. The Balaban J connectivity index is 0. The van der Waals surface area contributed by atoms with E-state index in [2.05, 4.69) is 0 Å². The van der Waals surface area contributed by atoms with Gasteiger partial charge in [-0.15, -0.1) is 0 Å². The Morgan fingerprint density at radius 3 is 1.77 bits per heavy atom. The van der Waals surface area contributed by atoms with Crippen molar-refractivity contribution in [3.8, 4) is 0 Å². The van der Waals surface area contributed by atoms with Crippen LogP contribution in [0.5, 0.6) is 0 Å². The molecular weight excluding hydrogens is 206 g/mol. The van der Waals surface area contributed by atoms with E-state index in [1.54, 1.807) is 0 Å². The minimum absolute atomic E-state index is 0. The molecule has 1 atom stereocenters. The molecule has 0 aromatic carbocycles. The van der Waals surface area contributed by atoms with E-state index in [0.29, 0.717) is 0 Å². The van der Waals surface area contributed by atoms with E-state index in [1.807, 2.05) is 0 Å². The summed E-state index contributed by atoms with van der Waals surface area (Å²) < 4.78 is 0. The fourth-order valence-electron chi connectivity index (χ4n) is 0.652. The molecule has 0 rings (SSSR count). The van der Waals surface area contributed by atoms with Crippen LogP contribution in [-0.4, -0.2) is 79.0 Å². The monoisotopic (exact) mass is 215 g/mol. The standard InChI is InChI=1S/C6H11NO5.Ca/c1-4(8)7(2-5(9)10)3-6(11)12;/h4,8H,2-3H2,1H3,(H,9,10)(H,11,12);/q;+2/p-2. The number of aliphatic carboxylic acids is 2. The molecule has 0 radical (unpaired) electrons. The molecule has 1 N–H and O–H groups in total. The second kappa shape index (κ2) is 7.52. The zero-order chi connectivity index (χ0) is 9.72. The molecule has 0 amide bonds. The minimum atomic E-state index is -1.45. The second-order valence-electron chi connectivity index (χ2n) is 2.28. The molecule has 1 unspecified atom stereocenters. The molecule has 0 aromatic heterocycles. The minimum Gasteiger partial charge on any atom is -0.549 e. The largest absolute Gasteiger partial charge is 2.00 e. The van der Waals surface area contributed by atoms with Crippen molar-refractivity contribution in [2.75, 3.05) is 13.1 Å². The summed E-state index contributed by atoms with van der Waals surface area (Å²) in [4.78, 5) is 20.8. The molecule has 0 aliphatic rings. The Bertz CT molecular complexity index is 168. The zero-order valence-electron chi connectivity index (χ0n) is 7.23. The zero-order valence-corrected chi connectivity index (χ0v) is 9.43. The van der Waals surface area contributed by atoms with Crippen molar-refractivity contribution >= 4 is 49.7 Å². The first-order valence-electron chi connectivity index (χ1n) is 3.25. The number of carboxylic acid groups (broad SMARTS) is 2. The number of nitrogens with zero attached hydrogens (tertiary/aromatic N) is 1. The van der Waals surface area contributed by atoms with Crippen molar-refractivity contribution < 1.29 is 24.9 Å². The number of aliphatic hydroxyl groups is 1. The molecule has 0 aliphatic heterocycles. The fraction of sp³-hybridized carbons (Fsp3) is 0.667. The van der Waals surface area contributed by atoms with Crippen molar-refractivity contribution in [3.63, 3.8) is 0 Å². The molecule has 70 valence electrons. The molecule has 0 aliphatic carbocycles. The van der Waals surface area contributed by atoms with E-state index in [4.69, 9.17) is 5.11 Å². The van der Waals surface area contributed by atoms with Crippen molar-refractivity contribution in [1.82, 2.24) is 4.90 Å². The predicted molar refractivity (Wildman–Crippen MR) is 39.0 cm³/mol. The van der Waals surface area contributed by atoms with Crippen LogP contribution in [0, 0.1) is 0 Å². The van der Waals surface area contributed by atoms with E-state index >= 15 is 0 Å². The third kappa shape index (κ3) is 8.45. The number of hydrogen-bond donors (Lipinski definition) is 1. The summed E-state index contributed by atoms with van der Waals surface area (Å²) in [5, 5.41) is 28.9. The quantitative estimate of drug-likeness (QED) is 0.368. The van der Waals surface area contributed by atoms with Crippen LogP contribution in [0.2, 0.25) is 0 Å². The van der Waals surface area contributed by atoms with Gasteiger partial charge in [-0.05, 0) is 6.92 Å². The predicted octanol–water partition coefficient (Wildman–Crippen LogP) is -4.25. The summed E-state index contributed by atoms with van der Waals surface area (Å²) in [6, 6.07) is 0. The van der Waals surface area contributed by atoms with Crippen molar-refractivity contribution in [2.24, 2.45) is 0 Å². The van der Waals surface area contributed by atoms with Gasteiger partial charge in [0.2, 0.25) is 0 Å². The average Bonchev–Trinajstić information content (AvgIpc) is 1.83. The first-order valence-corrected chi connectivity index (χ1v) is 3.25. The van der Waals surface area contributed by atoms with Crippen LogP contribution in [0.3, 0.4) is 0 Å². The van der Waals surface area contributed by atoms with E-state index in [1.165, 1.54) is 6.92 Å². The van der Waals surface area contributed by atoms with Gasteiger partial charge >= 0.3 is 37.7 Å². The first-order chi connectivity index (χ1) is 5.43. The van der Waals surface area contributed by atoms with Crippen molar-refractivity contribution in [1.29, 1.82) is 0 Å². The summed E-state index contributed by atoms with van der Waals surface area (Å²) >= 11 is 0. The number of carboxylic acids is 2. The molecule has 7 heteroatoms. The Kier molecular flexibility index (Phi) is 9.01. The SMILES string of the molecule is CC(O)N(CC(=O)[O-])CC(=O)[O-].[Ca+2]. The maximum Gasteiger partial charge on any atom is 2.00 e. The van der Waals surface area contributed by atoms with Gasteiger partial charge in [-0.1, -0.05) is 0 Å². The van der Waals surface area contributed by atoms with E-state index in [0.717, 1.165) is 4.90 Å². The smallest absolute Gasteiger partial charge is 0.549 e. The van der Waals surface area contributed by atoms with Crippen LogP contribution in [0.1, 0.15) is 6.92 Å². The summed E-state index contributed by atoms with van der Waals surface area (Å²) in [6.45, 7) is -0.0107. The van der Waals surface area contributed by atoms with Gasteiger partial charge in [0.25, 0.3) is 0 Å². The number of carbonyl (C=O) groups excluding carboxylic acids is 2. The molecule has 0 spiro atoms. The Labute approximate surface area is 105 Å². The van der Waals surface area contributed by atoms with Gasteiger partial charge in [0.05, 0.1) is 11.9 Å². The molecule has 0 aromatic rings. The van der Waals surface area contributed by atoms with Gasteiger partial charge < -0.3 is 24.9 Å². The molecular formula is C6H9CaNO5. The summed E-state index contributed by atoms with van der Waals surface area (Å²) in [6.07, 6.45) is -1.15. The topological polar surface area (TPSA) is 104 Å². The summed E-state index contributed by atoms with van der Waals surface area (Å²) in [7, 11) is 0. The normalized spacial score (nSPS) is 11.9. The Morgan fingerprint density at radius 2 is 1.62 bits per heavy atom. The molecule has 6 nitrogen and oxygen atoms in total. The molecule has 13 heavy (non-hydrogen) atoms. The van der Waals surface area contributed by atoms with Gasteiger partial charge in [-0.25, -0.2) is 0 Å². The number of hydrogen-bond acceptors (Lipinski definition) is 6. The van der Waals surface area contributed by atoms with E-state index < -0.39 is 31.3 Å². The van der Waals surface area contributed by atoms with Crippen LogP contribution >= 0.6 is 0 Å². The first kappa shape index (κ1) is 15.6. The van der Waals surface area contributed by atoms with Crippen LogP contribution in [0.15, 0.2) is 0 Å².